The average Bonchev–Trinajstić information content (AvgIpc) is 2.47. The molecule has 1 N–H and O–H groups in total. The zero-order chi connectivity index (χ0) is 12.4. The Bertz CT molecular complexity index is 379. The Balaban J connectivity index is 1.69. The highest BCUT2D eigenvalue weighted by Crippen LogP contribution is 2.38. The summed E-state index contributed by atoms with van der Waals surface area (Å²) in [5, 5.41) is 8.85. The number of hydrogen-bond acceptors (Lipinski definition) is 2. The molecule has 2 nitrogen and oxygen atoms in total. The molecule has 0 amide bonds. The van der Waals surface area contributed by atoms with Crippen LogP contribution < -0.4 is 0 Å². The van der Waals surface area contributed by atoms with Crippen LogP contribution in [0.1, 0.15) is 36.3 Å². The Morgan fingerprint density at radius 1 is 1.11 bits per heavy atom. The Morgan fingerprint density at radius 3 is 2.39 bits per heavy atom. The smallest absolute Gasteiger partial charge is 0.0434 e. The standard InChI is InChI=1S/C16H23NO/c18-11-1-2-13-3-5-14(6-4-13)16-12-17-9-7-15(16)8-10-17/h3-6,15-16,18H,1-2,7-12H2. The summed E-state index contributed by atoms with van der Waals surface area (Å²) in [6.07, 6.45) is 4.64. The first kappa shape index (κ1) is 12.2. The zero-order valence-electron chi connectivity index (χ0n) is 11.0. The number of fused-ring (bicyclic) bond motifs is 3. The van der Waals surface area contributed by atoms with E-state index < -0.39 is 0 Å². The molecule has 3 heterocycles. The Hall–Kier alpha value is -0.860. The fraction of sp³-hybridized carbons (Fsp3) is 0.625. The number of aliphatic hydroxyl groups is 1. The van der Waals surface area contributed by atoms with Crippen molar-refractivity contribution in [1.82, 2.24) is 4.90 Å². The molecule has 3 aliphatic heterocycles. The van der Waals surface area contributed by atoms with E-state index in [1.165, 1.54) is 43.6 Å². The first-order valence-corrected chi connectivity index (χ1v) is 7.29. The van der Waals surface area contributed by atoms with Gasteiger partial charge in [-0.05, 0) is 61.7 Å². The molecule has 2 heteroatoms. The lowest BCUT2D eigenvalue weighted by Gasteiger charge is -2.45. The van der Waals surface area contributed by atoms with Crippen molar-refractivity contribution in [2.75, 3.05) is 26.2 Å². The number of piperidine rings is 3. The summed E-state index contributed by atoms with van der Waals surface area (Å²) in [5.41, 5.74) is 2.88. The summed E-state index contributed by atoms with van der Waals surface area (Å²) >= 11 is 0. The van der Waals surface area contributed by atoms with E-state index in [1.54, 1.807) is 0 Å². The van der Waals surface area contributed by atoms with Crippen LogP contribution in [0.15, 0.2) is 24.3 Å². The number of aryl methyl sites for hydroxylation is 1. The maximum Gasteiger partial charge on any atom is 0.0434 e. The molecule has 4 rings (SSSR count). The quantitative estimate of drug-likeness (QED) is 0.880. The molecule has 1 aromatic carbocycles. The molecule has 18 heavy (non-hydrogen) atoms. The summed E-state index contributed by atoms with van der Waals surface area (Å²) in [4.78, 5) is 2.62. The van der Waals surface area contributed by atoms with Crippen molar-refractivity contribution in [3.05, 3.63) is 35.4 Å². The average molecular weight is 245 g/mol. The topological polar surface area (TPSA) is 23.5 Å². The SMILES string of the molecule is OCCCc1ccc(C2CN3CCC2CC3)cc1. The first-order valence-electron chi connectivity index (χ1n) is 7.29. The van der Waals surface area contributed by atoms with E-state index in [4.69, 9.17) is 5.11 Å². The van der Waals surface area contributed by atoms with Gasteiger partial charge in [0.2, 0.25) is 0 Å². The van der Waals surface area contributed by atoms with Gasteiger partial charge in [0, 0.05) is 13.2 Å². The van der Waals surface area contributed by atoms with Gasteiger partial charge in [-0.15, -0.1) is 0 Å². The van der Waals surface area contributed by atoms with Gasteiger partial charge in [0.1, 0.15) is 0 Å². The highest BCUT2D eigenvalue weighted by molar-refractivity contribution is 5.27. The molecule has 98 valence electrons. The molecule has 1 unspecified atom stereocenters. The molecule has 0 aromatic heterocycles. The maximum absolute atomic E-state index is 8.85. The van der Waals surface area contributed by atoms with Crippen molar-refractivity contribution in [1.29, 1.82) is 0 Å². The maximum atomic E-state index is 8.85. The molecule has 3 aliphatic rings. The fourth-order valence-electron chi connectivity index (χ4n) is 3.56. The third-order valence-electron chi connectivity index (χ3n) is 4.69. The Labute approximate surface area is 110 Å². The minimum atomic E-state index is 0.293. The second-order valence-electron chi connectivity index (χ2n) is 5.81. The molecule has 3 saturated heterocycles. The second kappa shape index (κ2) is 5.41. The van der Waals surface area contributed by atoms with Crippen molar-refractivity contribution < 1.29 is 5.11 Å². The lowest BCUT2D eigenvalue weighted by atomic mass is 9.75. The van der Waals surface area contributed by atoms with Crippen molar-refractivity contribution in [3.63, 3.8) is 0 Å². The summed E-state index contributed by atoms with van der Waals surface area (Å²) in [5.74, 6) is 1.68. The van der Waals surface area contributed by atoms with Crippen LogP contribution in [-0.4, -0.2) is 36.2 Å². The second-order valence-corrected chi connectivity index (χ2v) is 5.81. The van der Waals surface area contributed by atoms with Gasteiger partial charge in [-0.3, -0.25) is 0 Å². The van der Waals surface area contributed by atoms with E-state index in [1.807, 2.05) is 0 Å². The van der Waals surface area contributed by atoms with Gasteiger partial charge in [0.15, 0.2) is 0 Å². The normalized spacial score (nSPS) is 30.6. The molecule has 0 radical (unpaired) electrons. The number of rotatable bonds is 4. The van der Waals surface area contributed by atoms with Gasteiger partial charge in [0.25, 0.3) is 0 Å². The van der Waals surface area contributed by atoms with Gasteiger partial charge in [-0.25, -0.2) is 0 Å². The van der Waals surface area contributed by atoms with E-state index in [2.05, 4.69) is 29.2 Å². The van der Waals surface area contributed by atoms with Crippen LogP contribution in [0, 0.1) is 5.92 Å². The van der Waals surface area contributed by atoms with Gasteiger partial charge >= 0.3 is 0 Å². The predicted molar refractivity (Wildman–Crippen MR) is 73.8 cm³/mol. The largest absolute Gasteiger partial charge is 0.396 e. The predicted octanol–water partition coefficient (Wildman–Crippen LogP) is 2.42. The summed E-state index contributed by atoms with van der Waals surface area (Å²) < 4.78 is 0. The van der Waals surface area contributed by atoms with Crippen LogP contribution >= 0.6 is 0 Å². The van der Waals surface area contributed by atoms with Crippen molar-refractivity contribution >= 4 is 0 Å². The van der Waals surface area contributed by atoms with Crippen molar-refractivity contribution in [2.24, 2.45) is 5.92 Å². The number of nitrogens with zero attached hydrogens (tertiary/aromatic N) is 1. The molecular weight excluding hydrogens is 222 g/mol. The lowest BCUT2D eigenvalue weighted by Crippen LogP contribution is -2.46. The molecule has 0 saturated carbocycles. The molecule has 2 bridgehead atoms. The van der Waals surface area contributed by atoms with Crippen LogP contribution in [0.4, 0.5) is 0 Å². The molecule has 0 spiro atoms. The molecular formula is C16H23NO. The van der Waals surface area contributed by atoms with Gasteiger partial charge in [-0.1, -0.05) is 24.3 Å². The molecule has 1 atom stereocenters. The van der Waals surface area contributed by atoms with Crippen LogP contribution in [0.5, 0.6) is 0 Å². The van der Waals surface area contributed by atoms with E-state index in [-0.39, 0.29) is 0 Å². The minimum Gasteiger partial charge on any atom is -0.396 e. The van der Waals surface area contributed by atoms with E-state index in [0.29, 0.717) is 6.61 Å². The van der Waals surface area contributed by atoms with Crippen molar-refractivity contribution in [3.8, 4) is 0 Å². The number of hydrogen-bond donors (Lipinski definition) is 1. The van der Waals surface area contributed by atoms with Gasteiger partial charge in [0.05, 0.1) is 0 Å². The summed E-state index contributed by atoms with van der Waals surface area (Å²) in [7, 11) is 0. The third kappa shape index (κ3) is 2.45. The first-order chi connectivity index (χ1) is 8.86. The van der Waals surface area contributed by atoms with Gasteiger partial charge < -0.3 is 10.0 Å². The number of benzene rings is 1. The fourth-order valence-corrected chi connectivity index (χ4v) is 3.56. The lowest BCUT2D eigenvalue weighted by molar-refractivity contribution is 0.0871. The molecule has 3 fully saturated rings. The molecule has 1 aromatic rings. The Morgan fingerprint density at radius 2 is 1.83 bits per heavy atom. The minimum absolute atomic E-state index is 0.293. The van der Waals surface area contributed by atoms with Crippen LogP contribution in [0.3, 0.4) is 0 Å². The summed E-state index contributed by atoms with van der Waals surface area (Å²) in [6.45, 7) is 4.19. The van der Waals surface area contributed by atoms with Gasteiger partial charge in [-0.2, -0.15) is 0 Å². The number of aliphatic hydroxyl groups excluding tert-OH is 1. The monoisotopic (exact) mass is 245 g/mol. The van der Waals surface area contributed by atoms with Crippen LogP contribution in [-0.2, 0) is 6.42 Å². The van der Waals surface area contributed by atoms with Crippen LogP contribution in [0.2, 0.25) is 0 Å². The van der Waals surface area contributed by atoms with Crippen molar-refractivity contribution in [2.45, 2.75) is 31.6 Å². The highest BCUT2D eigenvalue weighted by Gasteiger charge is 2.34. The van der Waals surface area contributed by atoms with Crippen LogP contribution in [0.25, 0.3) is 0 Å². The highest BCUT2D eigenvalue weighted by atomic mass is 16.2. The third-order valence-corrected chi connectivity index (χ3v) is 4.69. The Kier molecular flexibility index (Phi) is 3.67. The molecule has 0 aliphatic carbocycles. The zero-order valence-corrected chi connectivity index (χ0v) is 11.0. The van der Waals surface area contributed by atoms with E-state index in [9.17, 15) is 0 Å². The van der Waals surface area contributed by atoms with E-state index >= 15 is 0 Å². The van der Waals surface area contributed by atoms with E-state index in [0.717, 1.165) is 24.7 Å². The summed E-state index contributed by atoms with van der Waals surface area (Å²) in [6, 6.07) is 9.14.